The monoisotopic (exact) mass is 239 g/mol. The average Bonchev–Trinajstić information content (AvgIpc) is 2.28. The van der Waals surface area contributed by atoms with Gasteiger partial charge in [0, 0.05) is 35.5 Å². The van der Waals surface area contributed by atoms with E-state index >= 15 is 0 Å². The molecule has 4 heteroatoms. The van der Waals surface area contributed by atoms with E-state index in [-0.39, 0.29) is 5.91 Å². The molecule has 0 fully saturated rings. The Bertz CT molecular complexity index is 387. The summed E-state index contributed by atoms with van der Waals surface area (Å²) >= 11 is 0. The molecular weight excluding hydrogens is 222 g/mol. The molecule has 0 radical (unpaired) electrons. The van der Waals surface area contributed by atoms with E-state index in [9.17, 15) is 9.00 Å². The lowest BCUT2D eigenvalue weighted by Crippen LogP contribution is -2.27. The minimum Gasteiger partial charge on any atom is -0.346 e. The Morgan fingerprint density at radius 2 is 1.88 bits per heavy atom. The summed E-state index contributed by atoms with van der Waals surface area (Å²) in [5, 5.41) is 0. The predicted molar refractivity (Wildman–Crippen MR) is 65.8 cm³/mol. The maximum absolute atomic E-state index is 11.6. The summed E-state index contributed by atoms with van der Waals surface area (Å²) in [6.45, 7) is 2.66. The van der Waals surface area contributed by atoms with Gasteiger partial charge in [0.05, 0.1) is 6.42 Å². The summed E-state index contributed by atoms with van der Waals surface area (Å²) in [7, 11) is 0.834. The SMILES string of the molecule is CCN(C)C(=O)Cc1ccc(S(C)=O)cc1. The Balaban J connectivity index is 2.69. The van der Waals surface area contributed by atoms with Crippen LogP contribution < -0.4 is 0 Å². The summed E-state index contributed by atoms with van der Waals surface area (Å²) in [6.07, 6.45) is 2.05. The summed E-state index contributed by atoms with van der Waals surface area (Å²) in [5.74, 6) is 0.105. The number of hydrogen-bond donors (Lipinski definition) is 0. The highest BCUT2D eigenvalue weighted by atomic mass is 32.2. The van der Waals surface area contributed by atoms with E-state index in [4.69, 9.17) is 0 Å². The Morgan fingerprint density at radius 3 is 2.31 bits per heavy atom. The van der Waals surface area contributed by atoms with Crippen molar-refractivity contribution in [1.29, 1.82) is 0 Å². The highest BCUT2D eigenvalue weighted by Crippen LogP contribution is 2.08. The summed E-state index contributed by atoms with van der Waals surface area (Å²) in [4.78, 5) is 14.1. The predicted octanol–water partition coefficient (Wildman–Crippen LogP) is 1.44. The molecular formula is C12H17NO2S. The van der Waals surface area contributed by atoms with Crippen LogP contribution in [0.15, 0.2) is 29.2 Å². The van der Waals surface area contributed by atoms with Gasteiger partial charge in [-0.2, -0.15) is 0 Å². The quantitative estimate of drug-likeness (QED) is 0.797. The second-order valence-corrected chi connectivity index (χ2v) is 5.06. The number of amides is 1. The first kappa shape index (κ1) is 12.9. The van der Waals surface area contributed by atoms with E-state index in [2.05, 4.69) is 0 Å². The number of carbonyl (C=O) groups excluding carboxylic acids is 1. The smallest absolute Gasteiger partial charge is 0.226 e. The maximum Gasteiger partial charge on any atom is 0.226 e. The lowest BCUT2D eigenvalue weighted by Gasteiger charge is -2.14. The third-order valence-corrected chi connectivity index (χ3v) is 3.45. The highest BCUT2D eigenvalue weighted by Gasteiger charge is 2.07. The molecule has 0 saturated heterocycles. The van der Waals surface area contributed by atoms with E-state index in [0.29, 0.717) is 6.42 Å². The van der Waals surface area contributed by atoms with Gasteiger partial charge in [-0.25, -0.2) is 0 Å². The van der Waals surface area contributed by atoms with E-state index in [1.54, 1.807) is 18.2 Å². The number of benzene rings is 1. The van der Waals surface area contributed by atoms with Crippen LogP contribution in [0.2, 0.25) is 0 Å². The van der Waals surface area contributed by atoms with Gasteiger partial charge in [0.2, 0.25) is 5.91 Å². The van der Waals surface area contributed by atoms with Crippen molar-refractivity contribution >= 4 is 16.7 Å². The van der Waals surface area contributed by atoms with Crippen LogP contribution in [-0.4, -0.2) is 34.9 Å². The second kappa shape index (κ2) is 5.80. The van der Waals surface area contributed by atoms with Crippen LogP contribution in [-0.2, 0) is 22.0 Å². The topological polar surface area (TPSA) is 37.4 Å². The zero-order valence-corrected chi connectivity index (χ0v) is 10.7. The largest absolute Gasteiger partial charge is 0.346 e. The van der Waals surface area contributed by atoms with Gasteiger partial charge in [-0.05, 0) is 24.6 Å². The fourth-order valence-corrected chi connectivity index (χ4v) is 1.80. The number of carbonyl (C=O) groups is 1. The molecule has 1 aromatic carbocycles. The van der Waals surface area contributed by atoms with E-state index in [0.717, 1.165) is 17.0 Å². The van der Waals surface area contributed by atoms with Gasteiger partial charge in [-0.3, -0.25) is 9.00 Å². The van der Waals surface area contributed by atoms with E-state index in [1.807, 2.05) is 31.2 Å². The summed E-state index contributed by atoms with van der Waals surface area (Å²) in [6, 6.07) is 7.34. The third kappa shape index (κ3) is 3.45. The Kier molecular flexibility index (Phi) is 4.68. The second-order valence-electron chi connectivity index (χ2n) is 3.68. The minimum atomic E-state index is -0.956. The van der Waals surface area contributed by atoms with Gasteiger partial charge in [-0.1, -0.05) is 12.1 Å². The van der Waals surface area contributed by atoms with Crippen LogP contribution in [0.5, 0.6) is 0 Å². The summed E-state index contributed by atoms with van der Waals surface area (Å²) in [5.41, 5.74) is 0.958. The zero-order chi connectivity index (χ0) is 12.1. The van der Waals surface area contributed by atoms with Crippen LogP contribution in [0.4, 0.5) is 0 Å². The number of likely N-dealkylation sites (N-methyl/N-ethyl adjacent to an activating group) is 1. The fourth-order valence-electron chi connectivity index (χ4n) is 1.28. The molecule has 0 bridgehead atoms. The van der Waals surface area contributed by atoms with Crippen molar-refractivity contribution < 1.29 is 9.00 Å². The lowest BCUT2D eigenvalue weighted by atomic mass is 10.1. The van der Waals surface area contributed by atoms with Crippen LogP contribution in [0.25, 0.3) is 0 Å². The van der Waals surface area contributed by atoms with Gasteiger partial charge in [-0.15, -0.1) is 0 Å². The molecule has 0 aliphatic heterocycles. The Morgan fingerprint density at radius 1 is 1.31 bits per heavy atom. The molecule has 0 aliphatic carbocycles. The summed E-state index contributed by atoms with van der Waals surface area (Å²) < 4.78 is 11.2. The molecule has 0 aromatic heterocycles. The first-order valence-corrected chi connectivity index (χ1v) is 6.76. The molecule has 0 aliphatic rings. The van der Waals surface area contributed by atoms with Crippen molar-refractivity contribution in [3.8, 4) is 0 Å². The standard InChI is InChI=1S/C12H17NO2S/c1-4-13(2)12(14)9-10-5-7-11(8-6-10)16(3)15/h5-8H,4,9H2,1-3H3. The molecule has 1 unspecified atom stereocenters. The normalized spacial score (nSPS) is 12.2. The molecule has 0 saturated carbocycles. The highest BCUT2D eigenvalue weighted by molar-refractivity contribution is 7.84. The Labute approximate surface area is 98.9 Å². The van der Waals surface area contributed by atoms with E-state index in [1.165, 1.54) is 0 Å². The van der Waals surface area contributed by atoms with Crippen LogP contribution in [0.1, 0.15) is 12.5 Å². The van der Waals surface area contributed by atoms with Crippen LogP contribution in [0.3, 0.4) is 0 Å². The van der Waals surface area contributed by atoms with Crippen molar-refractivity contribution in [3.05, 3.63) is 29.8 Å². The minimum absolute atomic E-state index is 0.105. The van der Waals surface area contributed by atoms with Gasteiger partial charge < -0.3 is 4.90 Å². The average molecular weight is 239 g/mol. The van der Waals surface area contributed by atoms with Crippen molar-refractivity contribution in [2.75, 3.05) is 19.8 Å². The molecule has 3 nitrogen and oxygen atoms in total. The molecule has 1 atom stereocenters. The molecule has 88 valence electrons. The van der Waals surface area contributed by atoms with Crippen molar-refractivity contribution in [3.63, 3.8) is 0 Å². The number of nitrogens with zero attached hydrogens (tertiary/aromatic N) is 1. The first-order valence-electron chi connectivity index (χ1n) is 5.21. The molecule has 1 rings (SSSR count). The Hall–Kier alpha value is -1.16. The molecule has 16 heavy (non-hydrogen) atoms. The fraction of sp³-hybridized carbons (Fsp3) is 0.417. The van der Waals surface area contributed by atoms with Crippen molar-refractivity contribution in [2.45, 2.75) is 18.2 Å². The van der Waals surface area contributed by atoms with E-state index < -0.39 is 10.8 Å². The molecule has 0 heterocycles. The van der Waals surface area contributed by atoms with Gasteiger partial charge >= 0.3 is 0 Å². The third-order valence-electron chi connectivity index (χ3n) is 2.51. The van der Waals surface area contributed by atoms with Gasteiger partial charge in [0.25, 0.3) is 0 Å². The van der Waals surface area contributed by atoms with Crippen LogP contribution >= 0.6 is 0 Å². The van der Waals surface area contributed by atoms with Crippen LogP contribution in [0, 0.1) is 0 Å². The lowest BCUT2D eigenvalue weighted by molar-refractivity contribution is -0.128. The molecule has 1 aromatic rings. The molecule has 0 N–H and O–H groups in total. The van der Waals surface area contributed by atoms with Crippen molar-refractivity contribution in [1.82, 2.24) is 4.90 Å². The number of rotatable bonds is 4. The van der Waals surface area contributed by atoms with Crippen molar-refractivity contribution in [2.24, 2.45) is 0 Å². The zero-order valence-electron chi connectivity index (χ0n) is 9.90. The molecule has 0 spiro atoms. The van der Waals surface area contributed by atoms with Gasteiger partial charge in [0.1, 0.15) is 0 Å². The first-order chi connectivity index (χ1) is 7.54. The number of hydrogen-bond acceptors (Lipinski definition) is 2. The maximum atomic E-state index is 11.6. The van der Waals surface area contributed by atoms with Gasteiger partial charge in [0.15, 0.2) is 0 Å². The molecule has 1 amide bonds.